The lowest BCUT2D eigenvalue weighted by molar-refractivity contribution is 0.669. The van der Waals surface area contributed by atoms with E-state index >= 15 is 0 Å². The van der Waals surface area contributed by atoms with E-state index in [-0.39, 0.29) is 0 Å². The van der Waals surface area contributed by atoms with E-state index in [1.807, 2.05) is 0 Å². The molecule has 0 bridgehead atoms. The Bertz CT molecular complexity index is 3360. The van der Waals surface area contributed by atoms with Gasteiger partial charge >= 0.3 is 0 Å². The van der Waals surface area contributed by atoms with E-state index < -0.39 is 8.07 Å². The number of furan rings is 1. The summed E-state index contributed by atoms with van der Waals surface area (Å²) in [6.45, 7) is 4.98. The molecule has 0 spiro atoms. The lowest BCUT2D eigenvalue weighted by Gasteiger charge is -2.20. The SMILES string of the molecule is C[Si]1(C)c2ccccc2-c2cc(-c3c4ccccc4c(-c4ccc5oc6cc7c8ccccc8c8ccccc8c7cc6c5c4)c4ccccc34)ccc21. The topological polar surface area (TPSA) is 13.1 Å². The number of fused-ring (bicyclic) bond motifs is 14. The Morgan fingerprint density at radius 3 is 1.37 bits per heavy atom. The second-order valence-corrected chi connectivity index (χ2v) is 19.9. The molecule has 1 aromatic heterocycles. The van der Waals surface area contributed by atoms with E-state index in [2.05, 4.69) is 183 Å². The maximum atomic E-state index is 6.64. The molecule has 11 aromatic rings. The molecule has 2 heteroatoms. The van der Waals surface area contributed by atoms with Crippen LogP contribution in [0.4, 0.5) is 0 Å². The summed E-state index contributed by atoms with van der Waals surface area (Å²) in [4.78, 5) is 0. The molecule has 0 unspecified atom stereocenters. The van der Waals surface area contributed by atoms with Crippen molar-refractivity contribution >= 4 is 94.2 Å². The summed E-state index contributed by atoms with van der Waals surface area (Å²) in [6.07, 6.45) is 0. The van der Waals surface area contributed by atoms with Gasteiger partial charge in [0.25, 0.3) is 0 Å². The zero-order valence-corrected chi connectivity index (χ0v) is 31.1. The predicted octanol–water partition coefficient (Wildman–Crippen LogP) is 13.5. The molecule has 10 aromatic carbocycles. The Morgan fingerprint density at radius 2 is 0.759 bits per heavy atom. The first kappa shape index (κ1) is 30.0. The van der Waals surface area contributed by atoms with Crippen LogP contribution in [0.1, 0.15) is 0 Å². The highest BCUT2D eigenvalue weighted by atomic mass is 28.3. The molecule has 0 radical (unpaired) electrons. The third-order valence-electron chi connectivity index (χ3n) is 12.4. The average Bonchev–Trinajstić information content (AvgIpc) is 3.69. The van der Waals surface area contributed by atoms with E-state index in [0.717, 1.165) is 21.9 Å². The fourth-order valence-electron chi connectivity index (χ4n) is 9.96. The van der Waals surface area contributed by atoms with Crippen molar-refractivity contribution < 1.29 is 4.42 Å². The molecular formula is C52H34OSi. The predicted molar refractivity (Wildman–Crippen MR) is 234 cm³/mol. The highest BCUT2D eigenvalue weighted by Gasteiger charge is 2.37. The molecule has 0 saturated heterocycles. The zero-order valence-electron chi connectivity index (χ0n) is 30.1. The number of hydrogen-bond acceptors (Lipinski definition) is 1. The van der Waals surface area contributed by atoms with Gasteiger partial charge in [-0.25, -0.2) is 0 Å². The highest BCUT2D eigenvalue weighted by Crippen LogP contribution is 2.46. The van der Waals surface area contributed by atoms with Crippen molar-refractivity contribution in [1.29, 1.82) is 0 Å². The quantitative estimate of drug-likeness (QED) is 0.0993. The zero-order chi connectivity index (χ0) is 35.7. The van der Waals surface area contributed by atoms with Crippen molar-refractivity contribution in [2.24, 2.45) is 0 Å². The van der Waals surface area contributed by atoms with Gasteiger partial charge < -0.3 is 4.42 Å². The molecule has 0 N–H and O–H groups in total. The Balaban J connectivity index is 1.12. The lowest BCUT2D eigenvalue weighted by Crippen LogP contribution is -2.49. The molecule has 0 fully saturated rings. The van der Waals surface area contributed by atoms with Gasteiger partial charge in [-0.1, -0.05) is 153 Å². The summed E-state index contributed by atoms with van der Waals surface area (Å²) in [6, 6.07) is 63.3. The number of benzene rings is 10. The van der Waals surface area contributed by atoms with Gasteiger partial charge in [0.05, 0.1) is 0 Å². The van der Waals surface area contributed by atoms with Crippen molar-refractivity contribution in [3.63, 3.8) is 0 Å². The summed E-state index contributed by atoms with van der Waals surface area (Å²) >= 11 is 0. The first-order valence-electron chi connectivity index (χ1n) is 18.9. The second kappa shape index (κ2) is 10.8. The number of hydrogen-bond donors (Lipinski definition) is 0. The molecule has 0 amide bonds. The van der Waals surface area contributed by atoms with E-state index in [1.54, 1.807) is 5.19 Å². The average molecular weight is 703 g/mol. The third-order valence-corrected chi connectivity index (χ3v) is 16.0. The summed E-state index contributed by atoms with van der Waals surface area (Å²) in [5, 5.41) is 18.0. The highest BCUT2D eigenvalue weighted by molar-refractivity contribution is 7.03. The van der Waals surface area contributed by atoms with Gasteiger partial charge in [0, 0.05) is 10.8 Å². The first-order chi connectivity index (χ1) is 26.5. The molecule has 1 aliphatic rings. The maximum absolute atomic E-state index is 6.64. The van der Waals surface area contributed by atoms with Gasteiger partial charge in [0.2, 0.25) is 0 Å². The first-order valence-corrected chi connectivity index (χ1v) is 21.9. The van der Waals surface area contributed by atoms with Crippen LogP contribution in [0.25, 0.3) is 109 Å². The smallest absolute Gasteiger partial charge is 0.136 e. The fraction of sp³-hybridized carbons (Fsp3) is 0.0385. The maximum Gasteiger partial charge on any atom is 0.136 e. The standard InChI is InChI=1S/C52H34OSi/c1-54(2)49-22-12-11-17-37(49)46-28-32(24-26-50(46)54)52-40-20-9-7-18-38(40)51(39-19-8-10-21-41(39)52)31-23-25-47-44(27-31)45-29-42-35-15-5-3-13-33(35)34-14-4-6-16-36(34)43(42)30-48(45)53-47/h3-30H,1-2H3. The third kappa shape index (κ3) is 3.98. The van der Waals surface area contributed by atoms with Crippen LogP contribution in [0.15, 0.2) is 174 Å². The molecule has 0 atom stereocenters. The van der Waals surface area contributed by atoms with Crippen LogP contribution in [0.3, 0.4) is 0 Å². The van der Waals surface area contributed by atoms with Crippen molar-refractivity contribution in [2.45, 2.75) is 13.1 Å². The Hall–Kier alpha value is -6.48. The van der Waals surface area contributed by atoms with Crippen LogP contribution in [-0.4, -0.2) is 8.07 Å². The monoisotopic (exact) mass is 702 g/mol. The molecule has 0 aliphatic carbocycles. The summed E-state index contributed by atoms with van der Waals surface area (Å²) in [7, 11) is -1.75. The van der Waals surface area contributed by atoms with Gasteiger partial charge in [0.1, 0.15) is 19.2 Å². The molecule has 0 saturated carbocycles. The van der Waals surface area contributed by atoms with Crippen molar-refractivity contribution in [3.05, 3.63) is 170 Å². The summed E-state index contributed by atoms with van der Waals surface area (Å²) < 4.78 is 6.64. The van der Waals surface area contributed by atoms with E-state index in [0.29, 0.717) is 0 Å². The second-order valence-electron chi connectivity index (χ2n) is 15.6. The molecule has 12 rings (SSSR count). The number of rotatable bonds is 2. The summed E-state index contributed by atoms with van der Waals surface area (Å²) in [5.41, 5.74) is 9.68. The molecule has 1 nitrogen and oxygen atoms in total. The van der Waals surface area contributed by atoms with Crippen molar-refractivity contribution in [2.75, 3.05) is 0 Å². The largest absolute Gasteiger partial charge is 0.456 e. The van der Waals surface area contributed by atoms with Gasteiger partial charge in [-0.15, -0.1) is 0 Å². The van der Waals surface area contributed by atoms with Gasteiger partial charge in [-0.05, 0) is 128 Å². The van der Waals surface area contributed by atoms with Crippen molar-refractivity contribution in [3.8, 4) is 33.4 Å². The minimum atomic E-state index is -1.75. The molecule has 252 valence electrons. The normalized spacial score (nSPS) is 13.5. The summed E-state index contributed by atoms with van der Waals surface area (Å²) in [5.74, 6) is 0. The van der Waals surface area contributed by atoms with Crippen LogP contribution < -0.4 is 10.4 Å². The van der Waals surface area contributed by atoms with Crippen LogP contribution in [-0.2, 0) is 0 Å². The Morgan fingerprint density at radius 1 is 0.315 bits per heavy atom. The van der Waals surface area contributed by atoms with Crippen LogP contribution in [0.5, 0.6) is 0 Å². The van der Waals surface area contributed by atoms with Crippen molar-refractivity contribution in [1.82, 2.24) is 0 Å². The minimum absolute atomic E-state index is 0.910. The van der Waals surface area contributed by atoms with E-state index in [4.69, 9.17) is 4.42 Å². The van der Waals surface area contributed by atoms with Gasteiger partial charge in [-0.3, -0.25) is 0 Å². The molecule has 1 aliphatic heterocycles. The molecule has 54 heavy (non-hydrogen) atoms. The van der Waals surface area contributed by atoms with Gasteiger partial charge in [0.15, 0.2) is 0 Å². The van der Waals surface area contributed by atoms with E-state index in [1.165, 1.54) is 92.4 Å². The Labute approximate surface area is 313 Å². The lowest BCUT2D eigenvalue weighted by atomic mass is 9.85. The Kier molecular flexibility index (Phi) is 6.00. The minimum Gasteiger partial charge on any atom is -0.456 e. The van der Waals surface area contributed by atoms with E-state index in [9.17, 15) is 0 Å². The fourth-order valence-corrected chi connectivity index (χ4v) is 13.0. The van der Waals surface area contributed by atoms with Crippen LogP contribution >= 0.6 is 0 Å². The molecule has 2 heterocycles. The van der Waals surface area contributed by atoms with Crippen LogP contribution in [0, 0.1) is 0 Å². The molecular weight excluding hydrogens is 669 g/mol. The van der Waals surface area contributed by atoms with Crippen LogP contribution in [0.2, 0.25) is 13.1 Å². The van der Waals surface area contributed by atoms with Gasteiger partial charge in [-0.2, -0.15) is 0 Å².